The molecular weight excluding hydrogens is 236 g/mol. The fraction of sp³-hybridized carbons (Fsp3) is 0.583. The van der Waals surface area contributed by atoms with Crippen molar-refractivity contribution in [1.29, 1.82) is 0 Å². The number of ketones is 1. The number of aromatic amines is 1. The Labute approximate surface area is 104 Å². The van der Waals surface area contributed by atoms with Crippen LogP contribution >= 0.6 is 0 Å². The molecule has 0 aliphatic heterocycles. The second-order valence-electron chi connectivity index (χ2n) is 4.54. The maximum Gasteiger partial charge on any atom is 0.328 e. The summed E-state index contributed by atoms with van der Waals surface area (Å²) in [4.78, 5) is 36.9. The molecule has 1 fully saturated rings. The molecule has 1 aliphatic carbocycles. The summed E-state index contributed by atoms with van der Waals surface area (Å²) in [6.07, 6.45) is 3.55. The molecule has 0 bridgehead atoms. The predicted molar refractivity (Wildman–Crippen MR) is 64.9 cm³/mol. The van der Waals surface area contributed by atoms with E-state index in [4.69, 9.17) is 4.74 Å². The molecule has 0 amide bonds. The van der Waals surface area contributed by atoms with Crippen LogP contribution < -0.4 is 11.2 Å². The molecule has 1 aromatic rings. The average Bonchev–Trinajstić information content (AvgIpc) is 3.11. The number of hydrogen-bond acceptors (Lipinski definition) is 4. The molecule has 0 atom stereocenters. The Morgan fingerprint density at radius 3 is 2.83 bits per heavy atom. The maximum atomic E-state index is 11.8. The first-order chi connectivity index (χ1) is 8.59. The summed E-state index contributed by atoms with van der Waals surface area (Å²) in [5.74, 6) is 0.285. The highest BCUT2D eigenvalue weighted by Crippen LogP contribution is 2.28. The van der Waals surface area contributed by atoms with E-state index >= 15 is 0 Å². The lowest BCUT2D eigenvalue weighted by atomic mass is 10.2. The highest BCUT2D eigenvalue weighted by Gasteiger charge is 2.21. The van der Waals surface area contributed by atoms with E-state index in [0.717, 1.165) is 10.8 Å². The van der Waals surface area contributed by atoms with Crippen LogP contribution in [0.25, 0.3) is 0 Å². The van der Waals surface area contributed by atoms with Gasteiger partial charge in [0.2, 0.25) is 0 Å². The Morgan fingerprint density at radius 2 is 2.22 bits per heavy atom. The average molecular weight is 252 g/mol. The van der Waals surface area contributed by atoms with Gasteiger partial charge in [-0.3, -0.25) is 14.2 Å². The number of H-pyrrole nitrogens is 1. The molecule has 0 aromatic carbocycles. The van der Waals surface area contributed by atoms with Crippen molar-refractivity contribution >= 4 is 5.78 Å². The van der Waals surface area contributed by atoms with Gasteiger partial charge in [-0.1, -0.05) is 0 Å². The van der Waals surface area contributed by atoms with Crippen molar-refractivity contribution < 1.29 is 9.53 Å². The van der Waals surface area contributed by atoms with Crippen LogP contribution in [0.5, 0.6) is 0 Å². The third-order valence-corrected chi connectivity index (χ3v) is 2.95. The third-order valence-electron chi connectivity index (χ3n) is 2.95. The Bertz CT molecular complexity index is 554. The summed E-state index contributed by atoms with van der Waals surface area (Å²) in [7, 11) is 0. The van der Waals surface area contributed by atoms with Gasteiger partial charge in [0.05, 0.1) is 18.7 Å². The van der Waals surface area contributed by atoms with Gasteiger partial charge in [-0.2, -0.15) is 0 Å². The number of nitrogens with one attached hydrogen (secondary N) is 1. The van der Waals surface area contributed by atoms with Gasteiger partial charge in [-0.15, -0.1) is 0 Å². The van der Waals surface area contributed by atoms with E-state index in [0.29, 0.717) is 19.1 Å². The number of ether oxygens (including phenoxy) is 1. The van der Waals surface area contributed by atoms with Crippen molar-refractivity contribution in [2.24, 2.45) is 5.92 Å². The van der Waals surface area contributed by atoms with Gasteiger partial charge in [0, 0.05) is 12.8 Å². The van der Waals surface area contributed by atoms with Crippen molar-refractivity contribution in [3.8, 4) is 0 Å². The minimum absolute atomic E-state index is 0.00297. The number of aromatic nitrogens is 2. The van der Waals surface area contributed by atoms with Crippen molar-refractivity contribution in [1.82, 2.24) is 9.55 Å². The molecule has 1 saturated carbocycles. The van der Waals surface area contributed by atoms with Crippen LogP contribution in [0.4, 0.5) is 0 Å². The summed E-state index contributed by atoms with van der Waals surface area (Å²) in [6, 6.07) is 0. The molecule has 0 unspecified atom stereocenters. The van der Waals surface area contributed by atoms with E-state index in [-0.39, 0.29) is 17.9 Å². The molecule has 1 N–H and O–H groups in total. The molecular formula is C12H16N2O4. The molecule has 1 heterocycles. The van der Waals surface area contributed by atoms with Crippen LogP contribution in [0, 0.1) is 5.92 Å². The Hall–Kier alpha value is -1.69. The van der Waals surface area contributed by atoms with Crippen molar-refractivity contribution in [2.45, 2.75) is 26.3 Å². The molecule has 1 aliphatic rings. The van der Waals surface area contributed by atoms with Gasteiger partial charge in [0.25, 0.3) is 5.56 Å². The molecule has 1 aromatic heterocycles. The lowest BCUT2D eigenvalue weighted by Crippen LogP contribution is -2.38. The number of Topliss-reactive ketones (excluding diaryl/α,β-unsaturated/α-hetero) is 1. The Balaban J connectivity index is 2.05. The zero-order valence-electron chi connectivity index (χ0n) is 10.3. The number of nitrogens with zero attached hydrogens (tertiary/aromatic N) is 1. The molecule has 98 valence electrons. The van der Waals surface area contributed by atoms with Crippen molar-refractivity contribution in [3.63, 3.8) is 0 Å². The quantitative estimate of drug-likeness (QED) is 0.578. The maximum absolute atomic E-state index is 11.8. The van der Waals surface area contributed by atoms with E-state index in [1.807, 2.05) is 0 Å². The fourth-order valence-corrected chi connectivity index (χ4v) is 1.66. The molecule has 18 heavy (non-hydrogen) atoms. The van der Waals surface area contributed by atoms with E-state index in [9.17, 15) is 14.4 Å². The number of carbonyl (C=O) groups excluding carboxylic acids is 1. The van der Waals surface area contributed by atoms with Gasteiger partial charge in [0.1, 0.15) is 0 Å². The Morgan fingerprint density at radius 1 is 1.50 bits per heavy atom. The minimum atomic E-state index is -0.554. The summed E-state index contributed by atoms with van der Waals surface area (Å²) < 4.78 is 6.38. The first-order valence-corrected chi connectivity index (χ1v) is 6.01. The lowest BCUT2D eigenvalue weighted by Gasteiger charge is -2.06. The normalized spacial score (nSPS) is 14.7. The van der Waals surface area contributed by atoms with Gasteiger partial charge in [-0.05, 0) is 25.7 Å². The van der Waals surface area contributed by atoms with Crippen LogP contribution in [0.3, 0.4) is 0 Å². The van der Waals surface area contributed by atoms with Gasteiger partial charge in [-0.25, -0.2) is 4.79 Å². The minimum Gasteiger partial charge on any atom is -0.379 e. The first-order valence-electron chi connectivity index (χ1n) is 6.01. The van der Waals surface area contributed by atoms with E-state index in [1.165, 1.54) is 19.8 Å². The smallest absolute Gasteiger partial charge is 0.328 e. The van der Waals surface area contributed by atoms with Gasteiger partial charge in [0.15, 0.2) is 5.78 Å². The SMILES string of the molecule is CC(=O)c1c[nH]c(=O)n(CCOCC2CC2)c1=O. The third kappa shape index (κ3) is 2.95. The number of rotatable bonds is 6. The highest BCUT2D eigenvalue weighted by molar-refractivity contribution is 5.93. The first kappa shape index (κ1) is 12.8. The fourth-order valence-electron chi connectivity index (χ4n) is 1.66. The zero-order valence-corrected chi connectivity index (χ0v) is 10.3. The van der Waals surface area contributed by atoms with Crippen molar-refractivity contribution in [3.05, 3.63) is 32.6 Å². The number of hydrogen-bond donors (Lipinski definition) is 1. The van der Waals surface area contributed by atoms with Crippen LogP contribution in [0.1, 0.15) is 30.1 Å². The zero-order chi connectivity index (χ0) is 13.1. The Kier molecular flexibility index (Phi) is 3.76. The van der Waals surface area contributed by atoms with Crippen LogP contribution in [-0.4, -0.2) is 28.5 Å². The second kappa shape index (κ2) is 5.30. The van der Waals surface area contributed by atoms with Gasteiger partial charge < -0.3 is 9.72 Å². The molecule has 0 radical (unpaired) electrons. The lowest BCUT2D eigenvalue weighted by molar-refractivity contribution is 0.101. The summed E-state index contributed by atoms with van der Waals surface area (Å²) in [5, 5.41) is 0. The molecule has 0 spiro atoms. The van der Waals surface area contributed by atoms with E-state index in [2.05, 4.69) is 4.98 Å². The highest BCUT2D eigenvalue weighted by atomic mass is 16.5. The second-order valence-corrected chi connectivity index (χ2v) is 4.54. The molecule has 2 rings (SSSR count). The van der Waals surface area contributed by atoms with Crippen molar-refractivity contribution in [2.75, 3.05) is 13.2 Å². The monoisotopic (exact) mass is 252 g/mol. The summed E-state index contributed by atoms with van der Waals surface area (Å²) >= 11 is 0. The van der Waals surface area contributed by atoms with E-state index in [1.54, 1.807) is 0 Å². The van der Waals surface area contributed by atoms with Crippen LogP contribution in [-0.2, 0) is 11.3 Å². The topological polar surface area (TPSA) is 81.2 Å². The molecule has 6 nitrogen and oxygen atoms in total. The molecule has 0 saturated heterocycles. The number of carbonyl (C=O) groups is 1. The standard InChI is InChI=1S/C12H16N2O4/c1-8(15)10-6-13-12(17)14(11(10)16)4-5-18-7-9-2-3-9/h6,9H,2-5,7H2,1H3,(H,13,17). The van der Waals surface area contributed by atoms with E-state index < -0.39 is 11.2 Å². The van der Waals surface area contributed by atoms with Crippen LogP contribution in [0.2, 0.25) is 0 Å². The largest absolute Gasteiger partial charge is 0.379 e. The summed E-state index contributed by atoms with van der Waals surface area (Å²) in [6.45, 7) is 2.45. The molecule has 6 heteroatoms. The van der Waals surface area contributed by atoms with Crippen LogP contribution in [0.15, 0.2) is 15.8 Å². The van der Waals surface area contributed by atoms with Gasteiger partial charge >= 0.3 is 5.69 Å². The summed E-state index contributed by atoms with van der Waals surface area (Å²) in [5.41, 5.74) is -1.07. The predicted octanol–water partition coefficient (Wildman–Crippen LogP) is 0.166.